The Balaban J connectivity index is 2.84. The minimum absolute atomic E-state index is 1.20. The monoisotopic (exact) mass is 159 g/mol. The summed E-state index contributed by atoms with van der Waals surface area (Å²) >= 11 is 0. The maximum atomic E-state index is 4.07. The van der Waals surface area contributed by atoms with Gasteiger partial charge in [0.1, 0.15) is 7.05 Å². The Kier molecular flexibility index (Phi) is 1.54. The highest BCUT2D eigenvalue weighted by molar-refractivity contribution is 5.79. The van der Waals surface area contributed by atoms with Gasteiger partial charge in [-0.25, -0.2) is 4.57 Å². The van der Waals surface area contributed by atoms with Gasteiger partial charge in [0, 0.05) is 36.2 Å². The quantitative estimate of drug-likeness (QED) is 0.530. The van der Waals surface area contributed by atoms with E-state index < -0.39 is 0 Å². The SMILES string of the molecule is Cc1cc2cnccc2c[n+]1C. The molecule has 0 N–H and O–H groups in total. The lowest BCUT2D eigenvalue weighted by Crippen LogP contribution is -2.30. The van der Waals surface area contributed by atoms with Crippen LogP contribution in [0.15, 0.2) is 30.7 Å². The average Bonchev–Trinajstić information content (AvgIpc) is 2.07. The van der Waals surface area contributed by atoms with E-state index in [-0.39, 0.29) is 0 Å². The Hall–Kier alpha value is -1.44. The maximum absolute atomic E-state index is 4.07. The van der Waals surface area contributed by atoms with E-state index in [9.17, 15) is 0 Å². The number of rotatable bonds is 0. The van der Waals surface area contributed by atoms with Crippen molar-refractivity contribution in [2.75, 3.05) is 0 Å². The molecule has 0 amide bonds. The molecular formula is C10H11N2+. The third-order valence-electron chi connectivity index (χ3n) is 2.14. The standard InChI is InChI=1S/C10H11N2/c1-8-5-10-6-11-4-3-9(10)7-12(8)2/h3-7H,1-2H3/q+1. The van der Waals surface area contributed by atoms with Gasteiger partial charge >= 0.3 is 0 Å². The van der Waals surface area contributed by atoms with Crippen LogP contribution in [0.3, 0.4) is 0 Å². The van der Waals surface area contributed by atoms with Crippen molar-refractivity contribution in [3.8, 4) is 0 Å². The van der Waals surface area contributed by atoms with Crippen molar-refractivity contribution in [1.82, 2.24) is 4.98 Å². The molecule has 0 saturated heterocycles. The summed E-state index contributed by atoms with van der Waals surface area (Å²) in [6.45, 7) is 2.09. The number of hydrogen-bond acceptors (Lipinski definition) is 1. The summed E-state index contributed by atoms with van der Waals surface area (Å²) in [6, 6.07) is 4.16. The second kappa shape index (κ2) is 2.55. The first kappa shape index (κ1) is 7.22. The fraction of sp³-hybridized carbons (Fsp3) is 0.200. The predicted octanol–water partition coefficient (Wildman–Crippen LogP) is 1.37. The van der Waals surface area contributed by atoms with Crippen LogP contribution < -0.4 is 4.57 Å². The van der Waals surface area contributed by atoms with E-state index >= 15 is 0 Å². The van der Waals surface area contributed by atoms with Crippen LogP contribution in [0.5, 0.6) is 0 Å². The molecule has 0 aliphatic heterocycles. The second-order valence-electron chi connectivity index (χ2n) is 3.03. The molecule has 60 valence electrons. The van der Waals surface area contributed by atoms with Crippen molar-refractivity contribution >= 4 is 10.8 Å². The van der Waals surface area contributed by atoms with Gasteiger partial charge < -0.3 is 0 Å². The summed E-state index contributed by atoms with van der Waals surface area (Å²) in [5, 5.41) is 2.44. The van der Waals surface area contributed by atoms with E-state index in [2.05, 4.69) is 35.8 Å². The molecule has 0 bridgehead atoms. The highest BCUT2D eigenvalue weighted by Gasteiger charge is 2.02. The minimum atomic E-state index is 1.20. The summed E-state index contributed by atoms with van der Waals surface area (Å²) in [5.41, 5.74) is 1.25. The molecule has 0 saturated carbocycles. The molecule has 2 aromatic rings. The van der Waals surface area contributed by atoms with Crippen LogP contribution in [0, 0.1) is 6.92 Å². The molecule has 0 aliphatic rings. The molecule has 2 heterocycles. The lowest BCUT2D eigenvalue weighted by molar-refractivity contribution is -0.676. The predicted molar refractivity (Wildman–Crippen MR) is 47.7 cm³/mol. The first-order valence-corrected chi connectivity index (χ1v) is 3.97. The molecule has 2 nitrogen and oxygen atoms in total. The van der Waals surface area contributed by atoms with E-state index in [0.29, 0.717) is 0 Å². The maximum Gasteiger partial charge on any atom is 0.178 e. The molecule has 2 rings (SSSR count). The summed E-state index contributed by atoms with van der Waals surface area (Å²) < 4.78 is 2.11. The molecule has 0 aromatic carbocycles. The van der Waals surface area contributed by atoms with Crippen LogP contribution in [-0.4, -0.2) is 4.98 Å². The van der Waals surface area contributed by atoms with Crippen molar-refractivity contribution in [3.05, 3.63) is 36.4 Å². The third-order valence-corrected chi connectivity index (χ3v) is 2.14. The van der Waals surface area contributed by atoms with Crippen LogP contribution >= 0.6 is 0 Å². The van der Waals surface area contributed by atoms with Crippen LogP contribution in [-0.2, 0) is 7.05 Å². The highest BCUT2D eigenvalue weighted by atomic mass is 14.9. The number of aryl methyl sites for hydroxylation is 2. The van der Waals surface area contributed by atoms with Crippen molar-refractivity contribution in [2.45, 2.75) is 6.92 Å². The van der Waals surface area contributed by atoms with Crippen LogP contribution in [0.25, 0.3) is 10.8 Å². The zero-order valence-corrected chi connectivity index (χ0v) is 7.28. The summed E-state index contributed by atoms with van der Waals surface area (Å²) in [6.07, 6.45) is 5.83. The number of nitrogens with zero attached hydrogens (tertiary/aromatic N) is 2. The fourth-order valence-electron chi connectivity index (χ4n) is 1.29. The topological polar surface area (TPSA) is 16.8 Å². The summed E-state index contributed by atoms with van der Waals surface area (Å²) in [5.74, 6) is 0. The molecule has 2 heteroatoms. The van der Waals surface area contributed by atoms with E-state index in [0.717, 1.165) is 0 Å². The van der Waals surface area contributed by atoms with E-state index in [4.69, 9.17) is 0 Å². The van der Waals surface area contributed by atoms with Gasteiger partial charge in [-0.05, 0) is 6.07 Å². The molecular weight excluding hydrogens is 148 g/mol. The molecule has 0 radical (unpaired) electrons. The minimum Gasteiger partial charge on any atom is -0.264 e. The van der Waals surface area contributed by atoms with Gasteiger partial charge in [-0.3, -0.25) is 4.98 Å². The Labute approximate surface area is 71.5 Å². The number of hydrogen-bond donors (Lipinski definition) is 0. The second-order valence-corrected chi connectivity index (χ2v) is 3.03. The molecule has 0 spiro atoms. The lowest BCUT2D eigenvalue weighted by Gasteiger charge is -1.96. The first-order chi connectivity index (χ1) is 5.77. The van der Waals surface area contributed by atoms with Gasteiger partial charge in [-0.1, -0.05) is 0 Å². The molecule has 0 unspecified atom stereocenters. The van der Waals surface area contributed by atoms with Crippen molar-refractivity contribution < 1.29 is 4.57 Å². The van der Waals surface area contributed by atoms with Crippen LogP contribution in [0.2, 0.25) is 0 Å². The number of pyridine rings is 2. The molecule has 0 atom stereocenters. The Bertz CT molecular complexity index is 381. The van der Waals surface area contributed by atoms with Gasteiger partial charge in [-0.15, -0.1) is 0 Å². The zero-order valence-electron chi connectivity index (χ0n) is 7.28. The van der Waals surface area contributed by atoms with Gasteiger partial charge in [0.2, 0.25) is 0 Å². The molecule has 0 fully saturated rings. The Morgan fingerprint density at radius 3 is 3.00 bits per heavy atom. The number of aromatic nitrogens is 2. The Morgan fingerprint density at radius 1 is 1.33 bits per heavy atom. The lowest BCUT2D eigenvalue weighted by atomic mass is 10.2. The van der Waals surface area contributed by atoms with Gasteiger partial charge in [0.25, 0.3) is 0 Å². The van der Waals surface area contributed by atoms with Crippen molar-refractivity contribution in [2.24, 2.45) is 7.05 Å². The molecule has 0 aliphatic carbocycles. The normalized spacial score (nSPS) is 10.5. The Morgan fingerprint density at radius 2 is 2.17 bits per heavy atom. The molecule has 12 heavy (non-hydrogen) atoms. The smallest absolute Gasteiger partial charge is 0.178 e. The summed E-state index contributed by atoms with van der Waals surface area (Å²) in [4.78, 5) is 4.07. The van der Waals surface area contributed by atoms with Crippen LogP contribution in [0.4, 0.5) is 0 Å². The largest absolute Gasteiger partial charge is 0.264 e. The van der Waals surface area contributed by atoms with E-state index in [1.165, 1.54) is 16.5 Å². The van der Waals surface area contributed by atoms with Crippen molar-refractivity contribution in [3.63, 3.8) is 0 Å². The van der Waals surface area contributed by atoms with Gasteiger partial charge in [0.05, 0.1) is 0 Å². The number of fused-ring (bicyclic) bond motifs is 1. The van der Waals surface area contributed by atoms with Gasteiger partial charge in [0.15, 0.2) is 11.9 Å². The first-order valence-electron chi connectivity index (χ1n) is 3.97. The third kappa shape index (κ3) is 1.05. The average molecular weight is 159 g/mol. The molecule has 2 aromatic heterocycles. The highest BCUT2D eigenvalue weighted by Crippen LogP contribution is 2.09. The summed E-state index contributed by atoms with van der Waals surface area (Å²) in [7, 11) is 2.05. The van der Waals surface area contributed by atoms with Gasteiger partial charge in [-0.2, -0.15) is 0 Å². The zero-order chi connectivity index (χ0) is 8.55. The fourth-order valence-corrected chi connectivity index (χ4v) is 1.29. The van der Waals surface area contributed by atoms with E-state index in [1.54, 1.807) is 0 Å². The van der Waals surface area contributed by atoms with Crippen LogP contribution in [0.1, 0.15) is 5.69 Å². The van der Waals surface area contributed by atoms with Crippen molar-refractivity contribution in [1.29, 1.82) is 0 Å². The van der Waals surface area contributed by atoms with E-state index in [1.807, 2.05) is 18.5 Å².